The number of aromatic nitrogens is 2. The van der Waals surface area contributed by atoms with E-state index in [2.05, 4.69) is 15.3 Å². The van der Waals surface area contributed by atoms with Crippen LogP contribution < -0.4 is 15.6 Å². The van der Waals surface area contributed by atoms with Gasteiger partial charge in [-0.05, 0) is 32.9 Å². The summed E-state index contributed by atoms with van der Waals surface area (Å²) in [5, 5.41) is 3.34. The predicted molar refractivity (Wildman–Crippen MR) is 69.4 cm³/mol. The van der Waals surface area contributed by atoms with E-state index in [9.17, 15) is 4.79 Å². The molecule has 0 aromatic carbocycles. The second-order valence-electron chi connectivity index (χ2n) is 5.36. The zero-order valence-electron chi connectivity index (χ0n) is 11.1. The third kappa shape index (κ3) is 2.79. The summed E-state index contributed by atoms with van der Waals surface area (Å²) in [6.45, 7) is 4.31. The van der Waals surface area contributed by atoms with Crippen LogP contribution in [-0.2, 0) is 4.74 Å². The molecule has 1 aromatic heterocycles. The lowest BCUT2D eigenvalue weighted by molar-refractivity contribution is -0.0205. The van der Waals surface area contributed by atoms with E-state index >= 15 is 0 Å². The summed E-state index contributed by atoms with van der Waals surface area (Å²) in [4.78, 5) is 18.2. The Morgan fingerprint density at radius 2 is 2.26 bits per heavy atom. The fourth-order valence-electron chi connectivity index (χ4n) is 2.89. The summed E-state index contributed by atoms with van der Waals surface area (Å²) >= 11 is 0. The zero-order valence-corrected chi connectivity index (χ0v) is 11.1. The first kappa shape index (κ1) is 12.6. The van der Waals surface area contributed by atoms with E-state index in [1.807, 2.05) is 0 Å². The minimum absolute atomic E-state index is 0.00759. The van der Waals surface area contributed by atoms with Crippen LogP contribution in [0.5, 0.6) is 5.88 Å². The van der Waals surface area contributed by atoms with Crippen LogP contribution in [0.4, 0.5) is 0 Å². The molecule has 2 aliphatic heterocycles. The van der Waals surface area contributed by atoms with Crippen LogP contribution in [0, 0.1) is 6.92 Å². The summed E-state index contributed by atoms with van der Waals surface area (Å²) < 4.78 is 11.7. The van der Waals surface area contributed by atoms with Gasteiger partial charge in [-0.2, -0.15) is 0 Å². The number of hydrogen-bond acceptors (Lipinski definition) is 5. The Kier molecular flexibility index (Phi) is 3.28. The summed E-state index contributed by atoms with van der Waals surface area (Å²) in [5.41, 5.74) is -0.218. The van der Waals surface area contributed by atoms with Crippen molar-refractivity contribution in [2.24, 2.45) is 0 Å². The number of nitrogens with one attached hydrogen (secondary N) is 2. The molecule has 3 heterocycles. The standard InChI is InChI=1S/C13H19N3O3/c1-9-15-11(17)6-12(16-9)19-10-7-13(18-8-10)2-4-14-5-3-13/h6,10,14H,2-5,7-8H2,1H3,(H,15,16,17). The van der Waals surface area contributed by atoms with E-state index < -0.39 is 0 Å². The van der Waals surface area contributed by atoms with E-state index in [4.69, 9.17) is 9.47 Å². The molecule has 2 aliphatic rings. The van der Waals surface area contributed by atoms with Crippen LogP contribution in [0.1, 0.15) is 25.1 Å². The quantitative estimate of drug-likeness (QED) is 0.808. The van der Waals surface area contributed by atoms with Crippen molar-refractivity contribution in [1.82, 2.24) is 15.3 Å². The van der Waals surface area contributed by atoms with Gasteiger partial charge in [0.1, 0.15) is 11.9 Å². The fraction of sp³-hybridized carbons (Fsp3) is 0.692. The first-order valence-electron chi connectivity index (χ1n) is 6.75. The highest BCUT2D eigenvalue weighted by Gasteiger charge is 2.42. The van der Waals surface area contributed by atoms with Crippen molar-refractivity contribution in [2.75, 3.05) is 19.7 Å². The van der Waals surface area contributed by atoms with E-state index in [-0.39, 0.29) is 17.3 Å². The van der Waals surface area contributed by atoms with E-state index in [0.717, 1.165) is 32.4 Å². The van der Waals surface area contributed by atoms with Crippen molar-refractivity contribution in [2.45, 2.75) is 37.9 Å². The van der Waals surface area contributed by atoms with E-state index in [1.165, 1.54) is 6.07 Å². The van der Waals surface area contributed by atoms with Crippen LogP contribution in [-0.4, -0.2) is 41.4 Å². The van der Waals surface area contributed by atoms with Crippen molar-refractivity contribution >= 4 is 0 Å². The van der Waals surface area contributed by atoms with Crippen molar-refractivity contribution in [3.05, 3.63) is 22.2 Å². The topological polar surface area (TPSA) is 76.2 Å². The number of nitrogens with zero attached hydrogens (tertiary/aromatic N) is 1. The van der Waals surface area contributed by atoms with Crippen LogP contribution >= 0.6 is 0 Å². The minimum Gasteiger partial charge on any atom is -0.472 e. The number of hydrogen-bond donors (Lipinski definition) is 2. The summed E-state index contributed by atoms with van der Waals surface area (Å²) in [5.74, 6) is 0.957. The summed E-state index contributed by atoms with van der Waals surface area (Å²) in [6, 6.07) is 1.39. The van der Waals surface area contributed by atoms with Gasteiger partial charge in [0.15, 0.2) is 0 Å². The van der Waals surface area contributed by atoms with Gasteiger partial charge in [0.25, 0.3) is 5.56 Å². The molecule has 1 atom stereocenters. The van der Waals surface area contributed by atoms with Gasteiger partial charge in [0.05, 0.1) is 18.3 Å². The van der Waals surface area contributed by atoms with Crippen molar-refractivity contribution < 1.29 is 9.47 Å². The average molecular weight is 265 g/mol. The SMILES string of the molecule is Cc1nc(OC2COC3(CCNCC3)C2)cc(=O)[nH]1. The van der Waals surface area contributed by atoms with Crippen LogP contribution in [0.25, 0.3) is 0 Å². The normalized spacial score (nSPS) is 25.6. The van der Waals surface area contributed by atoms with Gasteiger partial charge in [-0.1, -0.05) is 0 Å². The molecule has 1 unspecified atom stereocenters. The number of piperidine rings is 1. The molecule has 0 aliphatic carbocycles. The molecular formula is C13H19N3O3. The second kappa shape index (κ2) is 4.94. The highest BCUT2D eigenvalue weighted by molar-refractivity contribution is 5.09. The van der Waals surface area contributed by atoms with Crippen molar-refractivity contribution in [3.8, 4) is 5.88 Å². The Hall–Kier alpha value is -1.40. The smallest absolute Gasteiger partial charge is 0.254 e. The molecule has 0 amide bonds. The highest BCUT2D eigenvalue weighted by Crippen LogP contribution is 2.35. The molecule has 0 radical (unpaired) electrons. The maximum atomic E-state index is 11.4. The first-order valence-corrected chi connectivity index (χ1v) is 6.75. The molecule has 3 rings (SSSR count). The van der Waals surface area contributed by atoms with Crippen LogP contribution in [0.2, 0.25) is 0 Å². The number of rotatable bonds is 2. The highest BCUT2D eigenvalue weighted by atomic mass is 16.6. The molecule has 0 bridgehead atoms. The Morgan fingerprint density at radius 1 is 1.47 bits per heavy atom. The number of aromatic amines is 1. The average Bonchev–Trinajstić information content (AvgIpc) is 2.71. The lowest BCUT2D eigenvalue weighted by Gasteiger charge is -2.32. The van der Waals surface area contributed by atoms with Crippen LogP contribution in [0.15, 0.2) is 10.9 Å². The molecular weight excluding hydrogens is 246 g/mol. The van der Waals surface area contributed by atoms with Gasteiger partial charge in [0, 0.05) is 6.42 Å². The second-order valence-corrected chi connectivity index (χ2v) is 5.36. The van der Waals surface area contributed by atoms with Gasteiger partial charge < -0.3 is 19.8 Å². The van der Waals surface area contributed by atoms with E-state index in [0.29, 0.717) is 18.3 Å². The third-order valence-electron chi connectivity index (χ3n) is 3.81. The molecule has 1 aromatic rings. The van der Waals surface area contributed by atoms with Gasteiger partial charge >= 0.3 is 0 Å². The molecule has 2 N–H and O–H groups in total. The molecule has 6 nitrogen and oxygen atoms in total. The predicted octanol–water partition coefficient (Wildman–Crippen LogP) is 0.368. The number of aryl methyl sites for hydroxylation is 1. The largest absolute Gasteiger partial charge is 0.472 e. The first-order chi connectivity index (χ1) is 9.15. The zero-order chi connectivity index (χ0) is 13.3. The Bertz CT molecular complexity index is 508. The Balaban J connectivity index is 1.66. The third-order valence-corrected chi connectivity index (χ3v) is 3.81. The maximum Gasteiger partial charge on any atom is 0.254 e. The number of H-pyrrole nitrogens is 1. The molecule has 6 heteroatoms. The van der Waals surface area contributed by atoms with Gasteiger partial charge in [-0.25, -0.2) is 4.98 Å². The Labute approximate surface area is 111 Å². The molecule has 0 saturated carbocycles. The fourth-order valence-corrected chi connectivity index (χ4v) is 2.89. The van der Waals surface area contributed by atoms with Gasteiger partial charge in [-0.15, -0.1) is 0 Å². The monoisotopic (exact) mass is 265 g/mol. The Morgan fingerprint density at radius 3 is 3.00 bits per heavy atom. The van der Waals surface area contributed by atoms with E-state index in [1.54, 1.807) is 6.92 Å². The molecule has 1 spiro atoms. The molecule has 2 fully saturated rings. The molecule has 104 valence electrons. The van der Waals surface area contributed by atoms with Crippen molar-refractivity contribution in [1.29, 1.82) is 0 Å². The number of ether oxygens (including phenoxy) is 2. The lowest BCUT2D eigenvalue weighted by atomic mass is 9.89. The van der Waals surface area contributed by atoms with Gasteiger partial charge in [0.2, 0.25) is 5.88 Å². The minimum atomic E-state index is -0.182. The molecule has 19 heavy (non-hydrogen) atoms. The molecule has 2 saturated heterocycles. The maximum absolute atomic E-state index is 11.4. The lowest BCUT2D eigenvalue weighted by Crippen LogP contribution is -2.41. The van der Waals surface area contributed by atoms with Gasteiger partial charge in [-0.3, -0.25) is 4.79 Å². The summed E-state index contributed by atoms with van der Waals surface area (Å²) in [6.07, 6.45) is 2.91. The summed E-state index contributed by atoms with van der Waals surface area (Å²) in [7, 11) is 0. The van der Waals surface area contributed by atoms with Crippen molar-refractivity contribution in [3.63, 3.8) is 0 Å². The van der Waals surface area contributed by atoms with Crippen LogP contribution in [0.3, 0.4) is 0 Å².